The number of halogens is 1. The van der Waals surface area contributed by atoms with E-state index in [0.717, 1.165) is 11.2 Å². The molecule has 7 nitrogen and oxygen atoms in total. The summed E-state index contributed by atoms with van der Waals surface area (Å²) in [5.74, 6) is -0.275. The monoisotopic (exact) mass is 424 g/mol. The normalized spacial score (nSPS) is 17.9. The van der Waals surface area contributed by atoms with Crippen molar-refractivity contribution in [1.29, 1.82) is 0 Å². The van der Waals surface area contributed by atoms with Crippen molar-refractivity contribution in [3.63, 3.8) is 0 Å². The standard InChI is InChI=1S/C22H21ClN4O3/c23-19-18(24-17-3-1-2-10-27(17)19)15-4-6-16(7-5-15)20(28)25-11-13-26(14-12-25)21(29)22(30)8-9-22/h1-7,10,30H,8-9,11-14H2. The van der Waals surface area contributed by atoms with Crippen LogP contribution in [0.3, 0.4) is 0 Å². The lowest BCUT2D eigenvalue weighted by molar-refractivity contribution is -0.143. The third-order valence-electron chi connectivity index (χ3n) is 5.85. The lowest BCUT2D eigenvalue weighted by Crippen LogP contribution is -2.53. The molecule has 0 radical (unpaired) electrons. The highest BCUT2D eigenvalue weighted by atomic mass is 35.5. The Bertz CT molecular complexity index is 1130. The summed E-state index contributed by atoms with van der Waals surface area (Å²) >= 11 is 6.47. The van der Waals surface area contributed by atoms with Gasteiger partial charge in [0.2, 0.25) is 0 Å². The van der Waals surface area contributed by atoms with Crippen molar-refractivity contribution in [2.75, 3.05) is 26.2 Å². The first-order valence-electron chi connectivity index (χ1n) is 10.0. The molecule has 1 saturated carbocycles. The molecule has 5 rings (SSSR count). The Hall–Kier alpha value is -2.90. The number of piperazine rings is 1. The molecule has 2 amide bonds. The lowest BCUT2D eigenvalue weighted by atomic mass is 10.1. The van der Waals surface area contributed by atoms with E-state index in [4.69, 9.17) is 11.6 Å². The Kier molecular flexibility index (Phi) is 4.52. The van der Waals surface area contributed by atoms with E-state index < -0.39 is 5.60 Å². The van der Waals surface area contributed by atoms with Gasteiger partial charge < -0.3 is 14.9 Å². The molecule has 30 heavy (non-hydrogen) atoms. The van der Waals surface area contributed by atoms with Gasteiger partial charge in [-0.15, -0.1) is 0 Å². The molecule has 1 aliphatic heterocycles. The highest BCUT2D eigenvalue weighted by Crippen LogP contribution is 2.37. The number of carbonyl (C=O) groups is 2. The quantitative estimate of drug-likeness (QED) is 0.700. The van der Waals surface area contributed by atoms with Crippen molar-refractivity contribution in [1.82, 2.24) is 19.2 Å². The van der Waals surface area contributed by atoms with Crippen LogP contribution in [0.25, 0.3) is 16.9 Å². The maximum atomic E-state index is 12.9. The zero-order valence-electron chi connectivity index (χ0n) is 16.3. The summed E-state index contributed by atoms with van der Waals surface area (Å²) in [7, 11) is 0. The van der Waals surface area contributed by atoms with E-state index in [0.29, 0.717) is 55.4 Å². The summed E-state index contributed by atoms with van der Waals surface area (Å²) in [5.41, 5.74) is 1.71. The molecule has 3 aromatic rings. The first kappa shape index (κ1) is 19.1. The molecule has 0 bridgehead atoms. The first-order chi connectivity index (χ1) is 14.5. The van der Waals surface area contributed by atoms with E-state index in [1.54, 1.807) is 21.9 Å². The molecule has 0 unspecified atom stereocenters. The molecule has 1 N–H and O–H groups in total. The van der Waals surface area contributed by atoms with Gasteiger partial charge in [0, 0.05) is 43.5 Å². The number of aliphatic hydroxyl groups is 1. The van der Waals surface area contributed by atoms with Crippen LogP contribution in [0.5, 0.6) is 0 Å². The van der Waals surface area contributed by atoms with Crippen LogP contribution >= 0.6 is 11.6 Å². The summed E-state index contributed by atoms with van der Waals surface area (Å²) in [6.45, 7) is 1.81. The van der Waals surface area contributed by atoms with Gasteiger partial charge in [-0.1, -0.05) is 29.8 Å². The number of rotatable bonds is 3. The number of hydrogen-bond acceptors (Lipinski definition) is 4. The van der Waals surface area contributed by atoms with Crippen molar-refractivity contribution in [2.24, 2.45) is 0 Å². The fourth-order valence-electron chi connectivity index (χ4n) is 3.84. The highest BCUT2D eigenvalue weighted by Gasteiger charge is 2.50. The van der Waals surface area contributed by atoms with Gasteiger partial charge in [0.1, 0.15) is 22.1 Å². The number of nitrogens with zero attached hydrogens (tertiary/aromatic N) is 4. The van der Waals surface area contributed by atoms with Crippen LogP contribution in [0.4, 0.5) is 0 Å². The average molecular weight is 425 g/mol. The number of hydrogen-bond donors (Lipinski definition) is 1. The number of fused-ring (bicyclic) bond motifs is 1. The maximum Gasteiger partial charge on any atom is 0.254 e. The average Bonchev–Trinajstić information content (AvgIpc) is 3.46. The van der Waals surface area contributed by atoms with E-state index in [-0.39, 0.29) is 11.8 Å². The fraction of sp³-hybridized carbons (Fsp3) is 0.318. The maximum absolute atomic E-state index is 12.9. The number of aromatic nitrogens is 2. The van der Waals surface area contributed by atoms with Gasteiger partial charge in [0.05, 0.1) is 0 Å². The van der Waals surface area contributed by atoms with E-state index >= 15 is 0 Å². The molecule has 154 valence electrons. The van der Waals surface area contributed by atoms with Gasteiger partial charge >= 0.3 is 0 Å². The molecule has 8 heteroatoms. The Morgan fingerprint density at radius 1 is 0.967 bits per heavy atom. The largest absolute Gasteiger partial charge is 0.380 e. The predicted molar refractivity (Wildman–Crippen MR) is 112 cm³/mol. The third-order valence-corrected chi connectivity index (χ3v) is 6.21. The summed E-state index contributed by atoms with van der Waals surface area (Å²) in [4.78, 5) is 33.1. The predicted octanol–water partition coefficient (Wildman–Crippen LogP) is 2.46. The number of carbonyl (C=O) groups excluding carboxylic acids is 2. The van der Waals surface area contributed by atoms with E-state index in [9.17, 15) is 14.7 Å². The lowest BCUT2D eigenvalue weighted by Gasteiger charge is -2.35. The van der Waals surface area contributed by atoms with Crippen LogP contribution in [-0.4, -0.2) is 67.9 Å². The summed E-state index contributed by atoms with van der Waals surface area (Å²) in [6, 6.07) is 12.9. The minimum atomic E-state index is -1.15. The smallest absolute Gasteiger partial charge is 0.254 e. The molecular weight excluding hydrogens is 404 g/mol. The molecule has 2 fully saturated rings. The molecule has 2 aromatic heterocycles. The zero-order chi connectivity index (χ0) is 20.9. The van der Waals surface area contributed by atoms with E-state index in [1.807, 2.05) is 40.9 Å². The van der Waals surface area contributed by atoms with Gasteiger partial charge in [0.15, 0.2) is 0 Å². The second kappa shape index (κ2) is 7.11. The Balaban J connectivity index is 1.28. The Morgan fingerprint density at radius 3 is 2.27 bits per heavy atom. The number of benzene rings is 1. The molecule has 1 aliphatic carbocycles. The van der Waals surface area contributed by atoms with Gasteiger partial charge in [-0.3, -0.25) is 14.0 Å². The zero-order valence-corrected chi connectivity index (χ0v) is 17.0. The number of imidazole rings is 1. The molecule has 1 saturated heterocycles. The summed E-state index contributed by atoms with van der Waals surface area (Å²) in [5, 5.41) is 10.5. The minimum Gasteiger partial charge on any atom is -0.380 e. The summed E-state index contributed by atoms with van der Waals surface area (Å²) in [6.07, 6.45) is 2.93. The van der Waals surface area contributed by atoms with Crippen LogP contribution in [0.2, 0.25) is 5.15 Å². The SMILES string of the molecule is O=C(c1ccc(-c2nc3ccccn3c2Cl)cc1)N1CCN(C(=O)C2(O)CC2)CC1. The van der Waals surface area contributed by atoms with Crippen LogP contribution in [0.15, 0.2) is 48.7 Å². The molecule has 1 aromatic carbocycles. The van der Waals surface area contributed by atoms with Crippen molar-refractivity contribution >= 4 is 29.1 Å². The third kappa shape index (κ3) is 3.24. The Labute approximate surface area is 178 Å². The van der Waals surface area contributed by atoms with Crippen LogP contribution in [0, 0.1) is 0 Å². The van der Waals surface area contributed by atoms with Gasteiger partial charge in [-0.25, -0.2) is 4.98 Å². The van der Waals surface area contributed by atoms with Crippen molar-refractivity contribution in [3.8, 4) is 11.3 Å². The van der Waals surface area contributed by atoms with Crippen LogP contribution < -0.4 is 0 Å². The van der Waals surface area contributed by atoms with Gasteiger partial charge in [-0.05, 0) is 37.1 Å². The van der Waals surface area contributed by atoms with E-state index in [1.165, 1.54) is 0 Å². The number of amides is 2. The number of pyridine rings is 1. The van der Waals surface area contributed by atoms with E-state index in [2.05, 4.69) is 4.98 Å². The van der Waals surface area contributed by atoms with Crippen LogP contribution in [0.1, 0.15) is 23.2 Å². The van der Waals surface area contributed by atoms with Crippen molar-refractivity contribution in [2.45, 2.75) is 18.4 Å². The molecule has 0 atom stereocenters. The Morgan fingerprint density at radius 2 is 1.63 bits per heavy atom. The van der Waals surface area contributed by atoms with Crippen LogP contribution in [-0.2, 0) is 4.79 Å². The topological polar surface area (TPSA) is 78.2 Å². The molecular formula is C22H21ClN4O3. The van der Waals surface area contributed by atoms with Crippen molar-refractivity contribution in [3.05, 3.63) is 59.4 Å². The molecule has 2 aliphatic rings. The van der Waals surface area contributed by atoms with Gasteiger partial charge in [-0.2, -0.15) is 0 Å². The van der Waals surface area contributed by atoms with Gasteiger partial charge in [0.25, 0.3) is 11.8 Å². The highest BCUT2D eigenvalue weighted by molar-refractivity contribution is 6.32. The second-order valence-electron chi connectivity index (χ2n) is 7.87. The first-order valence-corrected chi connectivity index (χ1v) is 10.4. The molecule has 0 spiro atoms. The van der Waals surface area contributed by atoms with Crippen molar-refractivity contribution < 1.29 is 14.7 Å². The second-order valence-corrected chi connectivity index (χ2v) is 8.23. The fourth-order valence-corrected chi connectivity index (χ4v) is 4.14. The minimum absolute atomic E-state index is 0.0696. The molecule has 3 heterocycles. The summed E-state index contributed by atoms with van der Waals surface area (Å²) < 4.78 is 1.81.